The maximum atomic E-state index is 2.46. The molecule has 0 aliphatic carbocycles. The van der Waals surface area contributed by atoms with Gasteiger partial charge in [0.2, 0.25) is 0 Å². The summed E-state index contributed by atoms with van der Waals surface area (Å²) in [5, 5.41) is 0. The minimum atomic E-state index is 1.14. The second-order valence-electron chi connectivity index (χ2n) is 9.84. The highest BCUT2D eigenvalue weighted by Crippen LogP contribution is 2.49. The van der Waals surface area contributed by atoms with Gasteiger partial charge < -0.3 is 4.57 Å². The van der Waals surface area contributed by atoms with Crippen molar-refractivity contribution in [3.8, 4) is 50.5 Å². The molecule has 1 heteroatoms. The number of aryl methyl sites for hydroxylation is 1. The Hall–Kier alpha value is -4.88. The monoisotopic (exact) mass is 501 g/mol. The highest BCUT2D eigenvalue weighted by atomic mass is 15.0. The molecule has 6 rings (SSSR count). The van der Waals surface area contributed by atoms with Crippen LogP contribution in [0.5, 0.6) is 0 Å². The first-order valence-corrected chi connectivity index (χ1v) is 13.5. The van der Waals surface area contributed by atoms with Gasteiger partial charge in [-0.25, -0.2) is 0 Å². The van der Waals surface area contributed by atoms with E-state index in [0.29, 0.717) is 0 Å². The van der Waals surface area contributed by atoms with Crippen LogP contribution in [-0.4, -0.2) is 4.57 Å². The van der Waals surface area contributed by atoms with Crippen LogP contribution in [0.3, 0.4) is 0 Å². The van der Waals surface area contributed by atoms with Gasteiger partial charge in [-0.15, -0.1) is 0 Å². The summed E-state index contributed by atoms with van der Waals surface area (Å²) in [6, 6.07) is 50.2. The summed E-state index contributed by atoms with van der Waals surface area (Å²) >= 11 is 0. The number of hydrogen-bond acceptors (Lipinski definition) is 0. The Kier molecular flexibility index (Phi) is 6.80. The molecule has 1 aromatic heterocycles. The van der Waals surface area contributed by atoms with E-state index in [2.05, 4.69) is 170 Å². The molecule has 1 heterocycles. The molecule has 0 aliphatic heterocycles. The average molecular weight is 502 g/mol. The Morgan fingerprint density at radius 3 is 1.36 bits per heavy atom. The van der Waals surface area contributed by atoms with Crippen molar-refractivity contribution < 1.29 is 0 Å². The first kappa shape index (κ1) is 24.5. The Morgan fingerprint density at radius 2 is 0.897 bits per heavy atom. The zero-order chi connectivity index (χ0) is 26.6. The van der Waals surface area contributed by atoms with Crippen LogP contribution in [0, 0.1) is 6.92 Å². The Bertz CT molecular complexity index is 1710. The molecule has 0 amide bonds. The first-order chi connectivity index (χ1) is 19.2. The number of allylic oxidation sites excluding steroid dienone is 1. The molecule has 0 saturated carbocycles. The van der Waals surface area contributed by atoms with Crippen LogP contribution in [-0.2, 0) is 0 Å². The Labute approximate surface area is 231 Å². The van der Waals surface area contributed by atoms with E-state index in [1.165, 1.54) is 55.9 Å². The van der Waals surface area contributed by atoms with Gasteiger partial charge in [-0.1, -0.05) is 145 Å². The molecule has 0 aliphatic rings. The van der Waals surface area contributed by atoms with Crippen LogP contribution >= 0.6 is 0 Å². The van der Waals surface area contributed by atoms with Crippen LogP contribution in [0.25, 0.3) is 56.5 Å². The van der Waals surface area contributed by atoms with E-state index in [9.17, 15) is 0 Å². The third kappa shape index (κ3) is 4.76. The standard InChI is InChI=1S/C38H31N/c1-3-13-29-22-26-33(27-23-29)38-36(31-16-9-5-10-17-31)35(30-14-7-4-8-15-30)37(32-24-20-28(2)21-25-32)39(38)34-18-11-6-12-19-34/h3-27H,1-2H3/b13-3+. The van der Waals surface area contributed by atoms with Crippen LogP contribution in [0.2, 0.25) is 0 Å². The van der Waals surface area contributed by atoms with Crippen LogP contribution in [0.1, 0.15) is 18.1 Å². The van der Waals surface area contributed by atoms with Crippen molar-refractivity contribution in [3.05, 3.63) is 157 Å². The molecule has 0 N–H and O–H groups in total. The molecule has 0 atom stereocenters. The number of benzene rings is 5. The SMILES string of the molecule is C/C=C/c1ccc(-c2c(-c3ccccc3)c(-c3ccccc3)c(-c3ccc(C)cc3)n2-c2ccccc2)cc1. The smallest absolute Gasteiger partial charge is 0.0619 e. The summed E-state index contributed by atoms with van der Waals surface area (Å²) in [5.74, 6) is 0. The second kappa shape index (κ2) is 10.8. The highest BCUT2D eigenvalue weighted by Gasteiger charge is 2.27. The number of rotatable bonds is 6. The topological polar surface area (TPSA) is 4.93 Å². The Balaban J connectivity index is 1.81. The number of aromatic nitrogens is 1. The van der Waals surface area contributed by atoms with Crippen molar-refractivity contribution in [2.24, 2.45) is 0 Å². The highest BCUT2D eigenvalue weighted by molar-refractivity contribution is 6.03. The molecule has 5 aromatic carbocycles. The van der Waals surface area contributed by atoms with Gasteiger partial charge in [-0.2, -0.15) is 0 Å². The summed E-state index contributed by atoms with van der Waals surface area (Å²) < 4.78 is 2.46. The van der Waals surface area contributed by atoms with E-state index in [-0.39, 0.29) is 0 Å². The first-order valence-electron chi connectivity index (χ1n) is 13.5. The van der Waals surface area contributed by atoms with Crippen molar-refractivity contribution in [3.63, 3.8) is 0 Å². The average Bonchev–Trinajstić information content (AvgIpc) is 3.36. The lowest BCUT2D eigenvalue weighted by Crippen LogP contribution is -2.00. The number of para-hydroxylation sites is 1. The van der Waals surface area contributed by atoms with E-state index in [1.807, 2.05) is 0 Å². The molecule has 39 heavy (non-hydrogen) atoms. The molecular weight excluding hydrogens is 470 g/mol. The fourth-order valence-electron chi connectivity index (χ4n) is 5.38. The predicted molar refractivity (Wildman–Crippen MR) is 167 cm³/mol. The van der Waals surface area contributed by atoms with Crippen LogP contribution in [0.4, 0.5) is 0 Å². The van der Waals surface area contributed by atoms with Crippen molar-refractivity contribution in [2.45, 2.75) is 13.8 Å². The van der Waals surface area contributed by atoms with Gasteiger partial charge in [0, 0.05) is 16.8 Å². The molecule has 1 nitrogen and oxygen atoms in total. The maximum absolute atomic E-state index is 2.46. The van der Waals surface area contributed by atoms with Crippen molar-refractivity contribution in [2.75, 3.05) is 0 Å². The summed E-state index contributed by atoms with van der Waals surface area (Å²) in [4.78, 5) is 0. The number of hydrogen-bond donors (Lipinski definition) is 0. The second-order valence-corrected chi connectivity index (χ2v) is 9.84. The molecule has 0 spiro atoms. The summed E-state index contributed by atoms with van der Waals surface area (Å²) in [5.41, 5.74) is 13.2. The molecule has 6 aromatic rings. The van der Waals surface area contributed by atoms with Crippen molar-refractivity contribution in [1.82, 2.24) is 4.57 Å². The molecule has 0 radical (unpaired) electrons. The predicted octanol–water partition coefficient (Wildman–Crippen LogP) is 10.5. The van der Waals surface area contributed by atoms with Gasteiger partial charge in [0.15, 0.2) is 0 Å². The zero-order valence-corrected chi connectivity index (χ0v) is 22.4. The third-order valence-electron chi connectivity index (χ3n) is 7.18. The zero-order valence-electron chi connectivity index (χ0n) is 22.4. The molecule has 0 unspecified atom stereocenters. The summed E-state index contributed by atoms with van der Waals surface area (Å²) in [6.07, 6.45) is 4.23. The van der Waals surface area contributed by atoms with Gasteiger partial charge >= 0.3 is 0 Å². The van der Waals surface area contributed by atoms with E-state index in [0.717, 1.165) is 5.69 Å². The summed E-state index contributed by atoms with van der Waals surface area (Å²) in [7, 11) is 0. The van der Waals surface area contributed by atoms with Gasteiger partial charge in [-0.3, -0.25) is 0 Å². The van der Waals surface area contributed by atoms with E-state index in [4.69, 9.17) is 0 Å². The lowest BCUT2D eigenvalue weighted by molar-refractivity contribution is 1.10. The van der Waals surface area contributed by atoms with E-state index in [1.54, 1.807) is 0 Å². The van der Waals surface area contributed by atoms with Crippen molar-refractivity contribution in [1.29, 1.82) is 0 Å². The van der Waals surface area contributed by atoms with E-state index < -0.39 is 0 Å². The quantitative estimate of drug-likeness (QED) is 0.214. The fraction of sp³-hybridized carbons (Fsp3) is 0.0526. The molecule has 0 bridgehead atoms. The summed E-state index contributed by atoms with van der Waals surface area (Å²) in [6.45, 7) is 4.20. The normalized spacial score (nSPS) is 11.2. The van der Waals surface area contributed by atoms with Crippen LogP contribution in [0.15, 0.2) is 146 Å². The van der Waals surface area contributed by atoms with Gasteiger partial charge in [-0.05, 0) is 53.8 Å². The minimum absolute atomic E-state index is 1.14. The maximum Gasteiger partial charge on any atom is 0.0619 e. The lowest BCUT2D eigenvalue weighted by Gasteiger charge is -2.16. The van der Waals surface area contributed by atoms with E-state index >= 15 is 0 Å². The third-order valence-corrected chi connectivity index (χ3v) is 7.18. The van der Waals surface area contributed by atoms with Gasteiger partial charge in [0.05, 0.1) is 11.4 Å². The molecule has 188 valence electrons. The number of nitrogens with zero attached hydrogens (tertiary/aromatic N) is 1. The molecule has 0 fully saturated rings. The minimum Gasteiger partial charge on any atom is -0.308 e. The lowest BCUT2D eigenvalue weighted by atomic mass is 9.91. The van der Waals surface area contributed by atoms with Crippen LogP contribution < -0.4 is 0 Å². The van der Waals surface area contributed by atoms with Gasteiger partial charge in [0.25, 0.3) is 0 Å². The molecular formula is C38H31N. The van der Waals surface area contributed by atoms with Gasteiger partial charge in [0.1, 0.15) is 0 Å². The fourth-order valence-corrected chi connectivity index (χ4v) is 5.38. The molecule has 0 saturated heterocycles. The Morgan fingerprint density at radius 1 is 0.462 bits per heavy atom. The van der Waals surface area contributed by atoms with Crippen molar-refractivity contribution >= 4 is 6.08 Å². The largest absolute Gasteiger partial charge is 0.308 e.